The van der Waals surface area contributed by atoms with Crippen LogP contribution in [0.2, 0.25) is 0 Å². The molecule has 1 aliphatic carbocycles. The van der Waals surface area contributed by atoms with E-state index in [9.17, 15) is 14.7 Å². The third-order valence-corrected chi connectivity index (χ3v) is 4.15. The zero-order valence-electron chi connectivity index (χ0n) is 13.9. The van der Waals surface area contributed by atoms with Crippen molar-refractivity contribution in [1.82, 2.24) is 0 Å². The van der Waals surface area contributed by atoms with E-state index in [0.717, 1.165) is 5.56 Å². The summed E-state index contributed by atoms with van der Waals surface area (Å²) in [4.78, 5) is 24.6. The lowest BCUT2D eigenvalue weighted by Crippen LogP contribution is -2.52. The number of hydrogen-bond acceptors (Lipinski definition) is 5. The van der Waals surface area contributed by atoms with Crippen LogP contribution in [0.4, 0.5) is 0 Å². The summed E-state index contributed by atoms with van der Waals surface area (Å²) in [6, 6.07) is 4.30. The predicted octanol–water partition coefficient (Wildman–Crippen LogP) is 2.05. The van der Waals surface area contributed by atoms with Gasteiger partial charge in [0.1, 0.15) is 11.4 Å². The SMILES string of the molecule is COc1ccc2c(c1)CC[C@](C(=O)O)(C(=O)OC(C)(C)C)[C@@H]2N. The van der Waals surface area contributed by atoms with Crippen molar-refractivity contribution >= 4 is 11.9 Å². The van der Waals surface area contributed by atoms with E-state index in [0.29, 0.717) is 17.7 Å². The van der Waals surface area contributed by atoms with Gasteiger partial charge in [-0.05, 0) is 56.9 Å². The van der Waals surface area contributed by atoms with Crippen LogP contribution in [0.3, 0.4) is 0 Å². The summed E-state index contributed by atoms with van der Waals surface area (Å²) in [6.45, 7) is 5.11. The number of fused-ring (bicyclic) bond motifs is 1. The smallest absolute Gasteiger partial charge is 0.326 e. The van der Waals surface area contributed by atoms with Gasteiger partial charge in [0.25, 0.3) is 0 Å². The third-order valence-electron chi connectivity index (χ3n) is 4.15. The molecule has 0 spiro atoms. The second-order valence-corrected chi connectivity index (χ2v) is 6.82. The Kier molecular flexibility index (Phi) is 4.39. The van der Waals surface area contributed by atoms with Crippen LogP contribution in [-0.4, -0.2) is 29.8 Å². The van der Waals surface area contributed by atoms with Gasteiger partial charge in [-0.3, -0.25) is 9.59 Å². The maximum atomic E-state index is 12.6. The summed E-state index contributed by atoms with van der Waals surface area (Å²) in [7, 11) is 1.56. The molecule has 0 saturated heterocycles. The zero-order chi connectivity index (χ0) is 17.4. The number of carboxylic acid groups (broad SMARTS) is 1. The molecule has 1 aromatic carbocycles. The first-order chi connectivity index (χ1) is 10.6. The van der Waals surface area contributed by atoms with Crippen molar-refractivity contribution < 1.29 is 24.2 Å². The second kappa shape index (κ2) is 5.85. The number of carboxylic acids is 1. The minimum atomic E-state index is -1.77. The van der Waals surface area contributed by atoms with Crippen molar-refractivity contribution in [3.63, 3.8) is 0 Å². The van der Waals surface area contributed by atoms with Gasteiger partial charge in [0.05, 0.1) is 13.2 Å². The van der Waals surface area contributed by atoms with Crippen LogP contribution in [0.5, 0.6) is 5.75 Å². The summed E-state index contributed by atoms with van der Waals surface area (Å²) < 4.78 is 10.5. The van der Waals surface area contributed by atoms with Crippen molar-refractivity contribution in [2.45, 2.75) is 45.3 Å². The fourth-order valence-corrected chi connectivity index (χ4v) is 2.91. The molecule has 0 radical (unpaired) electrons. The largest absolute Gasteiger partial charge is 0.497 e. The van der Waals surface area contributed by atoms with Gasteiger partial charge in [-0.2, -0.15) is 0 Å². The summed E-state index contributed by atoms with van der Waals surface area (Å²) in [6.07, 6.45) is 0.518. The lowest BCUT2D eigenvalue weighted by Gasteiger charge is -2.39. The molecule has 0 aliphatic heterocycles. The van der Waals surface area contributed by atoms with Crippen LogP contribution >= 0.6 is 0 Å². The molecule has 2 atom stereocenters. The highest BCUT2D eigenvalue weighted by molar-refractivity contribution is 6.00. The van der Waals surface area contributed by atoms with Gasteiger partial charge in [0, 0.05) is 0 Å². The number of benzene rings is 1. The van der Waals surface area contributed by atoms with E-state index in [1.54, 1.807) is 40.0 Å². The Morgan fingerprint density at radius 1 is 1.35 bits per heavy atom. The van der Waals surface area contributed by atoms with E-state index in [-0.39, 0.29) is 6.42 Å². The van der Waals surface area contributed by atoms with Crippen LogP contribution in [-0.2, 0) is 20.7 Å². The van der Waals surface area contributed by atoms with Crippen LogP contribution in [0, 0.1) is 5.41 Å². The fraction of sp³-hybridized carbons (Fsp3) is 0.529. The molecule has 1 aliphatic rings. The number of carbonyl (C=O) groups excluding carboxylic acids is 1. The molecule has 6 heteroatoms. The molecule has 6 nitrogen and oxygen atoms in total. The van der Waals surface area contributed by atoms with Crippen molar-refractivity contribution in [2.24, 2.45) is 11.1 Å². The summed E-state index contributed by atoms with van der Waals surface area (Å²) in [5.74, 6) is -1.36. The molecule has 0 bridgehead atoms. The highest BCUT2D eigenvalue weighted by atomic mass is 16.6. The monoisotopic (exact) mass is 321 g/mol. The molecule has 0 aromatic heterocycles. The van der Waals surface area contributed by atoms with Crippen molar-refractivity contribution in [1.29, 1.82) is 0 Å². The van der Waals surface area contributed by atoms with Crippen LogP contribution in [0.1, 0.15) is 44.4 Å². The lowest BCUT2D eigenvalue weighted by atomic mass is 9.68. The molecule has 0 unspecified atom stereocenters. The number of aryl methyl sites for hydroxylation is 1. The fourth-order valence-electron chi connectivity index (χ4n) is 2.91. The molecule has 23 heavy (non-hydrogen) atoms. The van der Waals surface area contributed by atoms with E-state index >= 15 is 0 Å². The average Bonchev–Trinajstić information content (AvgIpc) is 2.45. The molecule has 2 rings (SSSR count). The van der Waals surface area contributed by atoms with Crippen molar-refractivity contribution in [2.75, 3.05) is 7.11 Å². The van der Waals surface area contributed by atoms with Crippen LogP contribution in [0.15, 0.2) is 18.2 Å². The maximum Gasteiger partial charge on any atom is 0.326 e. The average molecular weight is 321 g/mol. The van der Waals surface area contributed by atoms with E-state index < -0.39 is 29.0 Å². The summed E-state index contributed by atoms with van der Waals surface area (Å²) in [5, 5.41) is 9.75. The summed E-state index contributed by atoms with van der Waals surface area (Å²) in [5.41, 5.74) is 5.21. The standard InChI is InChI=1S/C17H23NO5/c1-16(2,3)23-15(21)17(14(19)20)8-7-10-9-11(22-4)5-6-12(10)13(17)18/h5-6,9,13H,7-8,18H2,1-4H3,(H,19,20)/t13-,17+/m1/s1. The molecular weight excluding hydrogens is 298 g/mol. The Bertz CT molecular complexity index is 634. The topological polar surface area (TPSA) is 98.8 Å². The number of hydrogen-bond donors (Lipinski definition) is 2. The second-order valence-electron chi connectivity index (χ2n) is 6.82. The van der Waals surface area contributed by atoms with Crippen LogP contribution < -0.4 is 10.5 Å². The Hall–Kier alpha value is -2.08. The molecule has 3 N–H and O–H groups in total. The molecule has 0 heterocycles. The molecule has 0 amide bonds. The molecule has 126 valence electrons. The number of rotatable bonds is 3. The summed E-state index contributed by atoms with van der Waals surface area (Å²) >= 11 is 0. The number of aliphatic carboxylic acids is 1. The van der Waals surface area contributed by atoms with Gasteiger partial charge in [0.15, 0.2) is 5.41 Å². The zero-order valence-corrected chi connectivity index (χ0v) is 13.9. The first-order valence-corrected chi connectivity index (χ1v) is 7.51. The quantitative estimate of drug-likeness (QED) is 0.653. The minimum Gasteiger partial charge on any atom is -0.497 e. The van der Waals surface area contributed by atoms with Crippen molar-refractivity contribution in [3.05, 3.63) is 29.3 Å². The van der Waals surface area contributed by atoms with Gasteiger partial charge in [-0.15, -0.1) is 0 Å². The first-order valence-electron chi connectivity index (χ1n) is 7.51. The van der Waals surface area contributed by atoms with E-state index in [1.807, 2.05) is 6.07 Å². The van der Waals surface area contributed by atoms with Gasteiger partial charge >= 0.3 is 11.9 Å². The number of nitrogens with two attached hydrogens (primary N) is 1. The van der Waals surface area contributed by atoms with Crippen LogP contribution in [0.25, 0.3) is 0 Å². The maximum absolute atomic E-state index is 12.6. The first kappa shape index (κ1) is 17.3. The molecular formula is C17H23NO5. The highest BCUT2D eigenvalue weighted by Gasteiger charge is 2.56. The minimum absolute atomic E-state index is 0.0958. The highest BCUT2D eigenvalue weighted by Crippen LogP contribution is 2.45. The van der Waals surface area contributed by atoms with Gasteiger partial charge in [0.2, 0.25) is 0 Å². The van der Waals surface area contributed by atoms with Gasteiger partial charge < -0.3 is 20.3 Å². The third kappa shape index (κ3) is 3.03. The van der Waals surface area contributed by atoms with Crippen molar-refractivity contribution in [3.8, 4) is 5.75 Å². The molecule has 0 fully saturated rings. The van der Waals surface area contributed by atoms with Gasteiger partial charge in [-0.25, -0.2) is 0 Å². The predicted molar refractivity (Wildman–Crippen MR) is 84.2 cm³/mol. The van der Waals surface area contributed by atoms with E-state index in [2.05, 4.69) is 0 Å². The molecule has 1 aromatic rings. The Balaban J connectivity index is 2.46. The van der Waals surface area contributed by atoms with Gasteiger partial charge in [-0.1, -0.05) is 6.07 Å². The number of carbonyl (C=O) groups is 2. The number of methoxy groups -OCH3 is 1. The Labute approximate surface area is 135 Å². The Morgan fingerprint density at radius 3 is 2.52 bits per heavy atom. The normalized spacial score (nSPS) is 23.8. The number of ether oxygens (including phenoxy) is 2. The Morgan fingerprint density at radius 2 is 2.00 bits per heavy atom. The lowest BCUT2D eigenvalue weighted by molar-refractivity contribution is -0.180. The van der Waals surface area contributed by atoms with E-state index in [4.69, 9.17) is 15.2 Å². The molecule has 0 saturated carbocycles. The number of esters is 1. The van der Waals surface area contributed by atoms with E-state index in [1.165, 1.54) is 0 Å².